The molecule has 1 aromatic rings. The molecule has 1 saturated carbocycles. The van der Waals surface area contributed by atoms with E-state index in [9.17, 15) is 0 Å². The van der Waals surface area contributed by atoms with Crippen LogP contribution in [0.25, 0.3) is 0 Å². The maximum Gasteiger partial charge on any atom is 0.0657 e. The molecular weight excluding hydrogens is 212 g/mol. The molecule has 1 aliphatic carbocycles. The number of nitrogens with one attached hydrogen (secondary N) is 1. The smallest absolute Gasteiger partial charge is 0.0657 e. The lowest BCUT2D eigenvalue weighted by Crippen LogP contribution is -2.36. The maximum absolute atomic E-state index is 5.76. The first kappa shape index (κ1) is 12.6. The highest BCUT2D eigenvalue weighted by Crippen LogP contribution is 2.36. The number of hydrogen-bond acceptors (Lipinski definition) is 3. The minimum atomic E-state index is 0.244. The van der Waals surface area contributed by atoms with E-state index in [0.29, 0.717) is 5.92 Å². The first-order chi connectivity index (χ1) is 8.11. The van der Waals surface area contributed by atoms with Crippen LogP contribution in [0, 0.1) is 18.8 Å². The fourth-order valence-electron chi connectivity index (χ4n) is 3.00. The summed E-state index contributed by atoms with van der Waals surface area (Å²) >= 11 is 0. The van der Waals surface area contributed by atoms with Gasteiger partial charge in [-0.05, 0) is 37.7 Å². The molecule has 0 spiro atoms. The molecule has 0 radical (unpaired) electrons. The van der Waals surface area contributed by atoms with Crippen molar-refractivity contribution in [3.8, 4) is 0 Å². The largest absolute Gasteiger partial charge is 0.271 e. The molecule has 0 aliphatic heterocycles. The van der Waals surface area contributed by atoms with Crippen LogP contribution in [0.1, 0.15) is 50.0 Å². The average Bonchev–Trinajstić information content (AvgIpc) is 2.62. The molecule has 1 atom stereocenters. The summed E-state index contributed by atoms with van der Waals surface area (Å²) in [6, 6.07) is 2.39. The van der Waals surface area contributed by atoms with E-state index in [-0.39, 0.29) is 6.04 Å². The van der Waals surface area contributed by atoms with E-state index in [4.69, 9.17) is 5.84 Å². The second kappa shape index (κ2) is 5.19. The molecule has 96 valence electrons. The molecule has 1 fully saturated rings. The van der Waals surface area contributed by atoms with Gasteiger partial charge in [0, 0.05) is 7.05 Å². The van der Waals surface area contributed by atoms with E-state index < -0.39 is 0 Å². The molecule has 1 heterocycles. The molecule has 1 aromatic heterocycles. The zero-order valence-electron chi connectivity index (χ0n) is 11.1. The first-order valence-electron chi connectivity index (χ1n) is 6.58. The first-order valence-corrected chi connectivity index (χ1v) is 6.58. The molecule has 0 bridgehead atoms. The summed E-state index contributed by atoms with van der Waals surface area (Å²) in [5.74, 6) is 7.27. The monoisotopic (exact) mass is 236 g/mol. The molecule has 4 heteroatoms. The SMILES string of the molecule is Cc1cc(C(NN)C2CCC(C)CC2)n(C)n1. The van der Waals surface area contributed by atoms with Crippen LogP contribution >= 0.6 is 0 Å². The molecule has 1 unspecified atom stereocenters. The predicted octanol–water partition coefficient (Wildman–Crippen LogP) is 2.06. The van der Waals surface area contributed by atoms with Crippen LogP contribution in [-0.4, -0.2) is 9.78 Å². The summed E-state index contributed by atoms with van der Waals surface area (Å²) in [7, 11) is 2.00. The van der Waals surface area contributed by atoms with Gasteiger partial charge in [0.15, 0.2) is 0 Å². The maximum atomic E-state index is 5.76. The lowest BCUT2D eigenvalue weighted by Gasteiger charge is -2.32. The molecule has 0 aromatic carbocycles. The van der Waals surface area contributed by atoms with Crippen LogP contribution in [0.3, 0.4) is 0 Å². The highest BCUT2D eigenvalue weighted by Gasteiger charge is 2.28. The molecule has 17 heavy (non-hydrogen) atoms. The zero-order chi connectivity index (χ0) is 12.4. The van der Waals surface area contributed by atoms with Gasteiger partial charge in [-0.2, -0.15) is 5.10 Å². The van der Waals surface area contributed by atoms with Gasteiger partial charge in [0.05, 0.1) is 17.4 Å². The van der Waals surface area contributed by atoms with Crippen molar-refractivity contribution in [3.63, 3.8) is 0 Å². The van der Waals surface area contributed by atoms with Crippen molar-refractivity contribution in [2.24, 2.45) is 24.7 Å². The van der Waals surface area contributed by atoms with Gasteiger partial charge in [0.25, 0.3) is 0 Å². The van der Waals surface area contributed by atoms with Crippen molar-refractivity contribution in [1.82, 2.24) is 15.2 Å². The Labute approximate surface area is 104 Å². The van der Waals surface area contributed by atoms with Crippen LogP contribution in [0.2, 0.25) is 0 Å². The minimum Gasteiger partial charge on any atom is -0.271 e. The Morgan fingerprint density at radius 1 is 1.41 bits per heavy atom. The highest BCUT2D eigenvalue weighted by atomic mass is 15.3. The Morgan fingerprint density at radius 2 is 2.06 bits per heavy atom. The van der Waals surface area contributed by atoms with Gasteiger partial charge in [-0.3, -0.25) is 16.0 Å². The Balaban J connectivity index is 2.13. The molecule has 4 nitrogen and oxygen atoms in total. The number of rotatable bonds is 3. The molecule has 0 amide bonds. The predicted molar refractivity (Wildman–Crippen MR) is 69.1 cm³/mol. The summed E-state index contributed by atoms with van der Waals surface area (Å²) in [5.41, 5.74) is 5.27. The second-order valence-electron chi connectivity index (χ2n) is 5.50. The topological polar surface area (TPSA) is 55.9 Å². The van der Waals surface area contributed by atoms with Crippen molar-refractivity contribution < 1.29 is 0 Å². The van der Waals surface area contributed by atoms with E-state index in [1.807, 2.05) is 18.7 Å². The molecule has 2 rings (SSSR count). The quantitative estimate of drug-likeness (QED) is 0.624. The Bertz CT molecular complexity index is 363. The summed E-state index contributed by atoms with van der Waals surface area (Å²) in [6.45, 7) is 4.37. The summed E-state index contributed by atoms with van der Waals surface area (Å²) < 4.78 is 1.96. The highest BCUT2D eigenvalue weighted by molar-refractivity contribution is 5.14. The summed E-state index contributed by atoms with van der Waals surface area (Å²) in [4.78, 5) is 0. The minimum absolute atomic E-state index is 0.244. The third-order valence-electron chi connectivity index (χ3n) is 4.07. The Hall–Kier alpha value is -0.870. The van der Waals surface area contributed by atoms with E-state index in [2.05, 4.69) is 23.5 Å². The van der Waals surface area contributed by atoms with Crippen molar-refractivity contribution in [2.45, 2.75) is 45.6 Å². The third-order valence-corrected chi connectivity index (χ3v) is 4.07. The molecular formula is C13H24N4. The number of nitrogens with zero attached hydrogens (tertiary/aromatic N) is 2. The van der Waals surface area contributed by atoms with Gasteiger partial charge in [0.1, 0.15) is 0 Å². The molecule has 1 aliphatic rings. The number of hydrogen-bond donors (Lipinski definition) is 2. The van der Waals surface area contributed by atoms with Crippen molar-refractivity contribution in [1.29, 1.82) is 0 Å². The fourth-order valence-corrected chi connectivity index (χ4v) is 3.00. The van der Waals surface area contributed by atoms with Crippen LogP contribution in [0.4, 0.5) is 0 Å². The molecule has 3 N–H and O–H groups in total. The zero-order valence-corrected chi connectivity index (χ0v) is 11.1. The number of nitrogens with two attached hydrogens (primary N) is 1. The third kappa shape index (κ3) is 2.69. The van der Waals surface area contributed by atoms with Crippen LogP contribution < -0.4 is 11.3 Å². The van der Waals surface area contributed by atoms with Gasteiger partial charge in [-0.1, -0.05) is 19.8 Å². The number of aryl methyl sites for hydroxylation is 2. The van der Waals surface area contributed by atoms with Crippen molar-refractivity contribution in [3.05, 3.63) is 17.5 Å². The van der Waals surface area contributed by atoms with Crippen LogP contribution in [-0.2, 0) is 7.05 Å². The number of aromatic nitrogens is 2. The average molecular weight is 236 g/mol. The summed E-state index contributed by atoms with van der Waals surface area (Å²) in [6.07, 6.45) is 5.17. The standard InChI is InChI=1S/C13H24N4/c1-9-4-6-11(7-5-9)13(15-14)12-8-10(2)16-17(12)3/h8-9,11,13,15H,4-7,14H2,1-3H3. The van der Waals surface area contributed by atoms with Gasteiger partial charge in [0.2, 0.25) is 0 Å². The Kier molecular flexibility index (Phi) is 3.84. The van der Waals surface area contributed by atoms with E-state index in [1.54, 1.807) is 0 Å². The fraction of sp³-hybridized carbons (Fsp3) is 0.769. The normalized spacial score (nSPS) is 27.1. The Morgan fingerprint density at radius 3 is 2.53 bits per heavy atom. The van der Waals surface area contributed by atoms with Crippen molar-refractivity contribution in [2.75, 3.05) is 0 Å². The van der Waals surface area contributed by atoms with Crippen LogP contribution in [0.5, 0.6) is 0 Å². The van der Waals surface area contributed by atoms with Gasteiger partial charge >= 0.3 is 0 Å². The lowest BCUT2D eigenvalue weighted by atomic mass is 9.78. The van der Waals surface area contributed by atoms with Gasteiger partial charge in [-0.15, -0.1) is 0 Å². The number of hydrazine groups is 1. The lowest BCUT2D eigenvalue weighted by molar-refractivity contribution is 0.226. The van der Waals surface area contributed by atoms with Crippen molar-refractivity contribution >= 4 is 0 Å². The second-order valence-corrected chi connectivity index (χ2v) is 5.50. The molecule has 0 saturated heterocycles. The van der Waals surface area contributed by atoms with Gasteiger partial charge < -0.3 is 0 Å². The van der Waals surface area contributed by atoms with E-state index in [0.717, 1.165) is 11.6 Å². The van der Waals surface area contributed by atoms with E-state index >= 15 is 0 Å². The van der Waals surface area contributed by atoms with Crippen LogP contribution in [0.15, 0.2) is 6.07 Å². The van der Waals surface area contributed by atoms with E-state index in [1.165, 1.54) is 31.4 Å². The van der Waals surface area contributed by atoms with Gasteiger partial charge in [-0.25, -0.2) is 0 Å². The summed E-state index contributed by atoms with van der Waals surface area (Å²) in [5, 5.41) is 4.41.